The summed E-state index contributed by atoms with van der Waals surface area (Å²) in [6, 6.07) is 6.59. The molecule has 9 heteroatoms. The Bertz CT molecular complexity index is 1040. The molecule has 2 aromatic rings. The minimum atomic E-state index is -0.813. The van der Waals surface area contributed by atoms with Gasteiger partial charge < -0.3 is 4.74 Å². The van der Waals surface area contributed by atoms with Crippen LogP contribution in [0.25, 0.3) is 11.4 Å². The standard InChI is InChI=1S/C22H28N4O5/c1-22(2,3)31-18(28)13-10-14-8-11-15(12-9-14)19-24-26(21(30)25(19)4)16-6-5-7-17(27)23-20(16)29/h8-9,11-12,16H,5-7,10,13H2,1-4H3,(H,23,27,29). The monoisotopic (exact) mass is 428 g/mol. The van der Waals surface area contributed by atoms with Crippen LogP contribution in [0.2, 0.25) is 0 Å². The van der Waals surface area contributed by atoms with Crippen LogP contribution in [-0.2, 0) is 32.6 Å². The number of aryl methyl sites for hydroxylation is 1. The van der Waals surface area contributed by atoms with Gasteiger partial charge in [-0.2, -0.15) is 0 Å². The molecule has 0 spiro atoms. The Morgan fingerprint density at radius 2 is 1.87 bits per heavy atom. The summed E-state index contributed by atoms with van der Waals surface area (Å²) in [5.74, 6) is -0.671. The fourth-order valence-electron chi connectivity index (χ4n) is 3.47. The molecule has 166 valence electrons. The first-order chi connectivity index (χ1) is 14.5. The van der Waals surface area contributed by atoms with Crippen LogP contribution in [0.3, 0.4) is 0 Å². The zero-order chi connectivity index (χ0) is 22.8. The Labute approximate surface area is 180 Å². The number of amides is 2. The molecule has 1 aromatic carbocycles. The van der Waals surface area contributed by atoms with E-state index in [1.54, 1.807) is 7.05 Å². The third kappa shape index (κ3) is 5.48. The molecule has 1 N–H and O–H groups in total. The Hall–Kier alpha value is -3.23. The maximum absolute atomic E-state index is 12.7. The van der Waals surface area contributed by atoms with E-state index in [-0.39, 0.29) is 24.7 Å². The van der Waals surface area contributed by atoms with Gasteiger partial charge in [0.2, 0.25) is 5.91 Å². The molecule has 0 aliphatic carbocycles. The highest BCUT2D eigenvalue weighted by Crippen LogP contribution is 2.21. The summed E-state index contributed by atoms with van der Waals surface area (Å²) in [4.78, 5) is 48.5. The number of hydrogen-bond donors (Lipinski definition) is 1. The number of benzene rings is 1. The molecule has 1 aliphatic heterocycles. The molecule has 1 saturated heterocycles. The van der Waals surface area contributed by atoms with E-state index < -0.39 is 23.2 Å². The maximum atomic E-state index is 12.7. The number of carbonyl (C=O) groups is 3. The van der Waals surface area contributed by atoms with Crippen LogP contribution in [0.4, 0.5) is 0 Å². The molecule has 31 heavy (non-hydrogen) atoms. The third-order valence-electron chi connectivity index (χ3n) is 4.99. The number of imide groups is 1. The van der Waals surface area contributed by atoms with Crippen molar-refractivity contribution in [2.24, 2.45) is 7.05 Å². The van der Waals surface area contributed by atoms with Crippen molar-refractivity contribution in [3.8, 4) is 11.4 Å². The Balaban J connectivity index is 1.75. The van der Waals surface area contributed by atoms with Gasteiger partial charge in [0.1, 0.15) is 11.6 Å². The van der Waals surface area contributed by atoms with E-state index in [9.17, 15) is 19.2 Å². The first-order valence-electron chi connectivity index (χ1n) is 10.4. The van der Waals surface area contributed by atoms with Crippen LogP contribution < -0.4 is 11.0 Å². The summed E-state index contributed by atoms with van der Waals surface area (Å²) in [5.41, 5.74) is 0.746. The zero-order valence-corrected chi connectivity index (χ0v) is 18.3. The van der Waals surface area contributed by atoms with Crippen molar-refractivity contribution in [2.45, 2.75) is 64.5 Å². The van der Waals surface area contributed by atoms with Crippen molar-refractivity contribution >= 4 is 17.8 Å². The number of nitrogens with zero attached hydrogens (tertiary/aromatic N) is 3. The Morgan fingerprint density at radius 1 is 1.19 bits per heavy atom. The van der Waals surface area contributed by atoms with E-state index in [0.29, 0.717) is 30.7 Å². The zero-order valence-electron chi connectivity index (χ0n) is 18.3. The van der Waals surface area contributed by atoms with E-state index >= 15 is 0 Å². The number of hydrogen-bond acceptors (Lipinski definition) is 6. The lowest BCUT2D eigenvalue weighted by Crippen LogP contribution is -2.38. The van der Waals surface area contributed by atoms with E-state index in [1.807, 2.05) is 45.0 Å². The molecule has 1 aromatic heterocycles. The molecule has 0 bridgehead atoms. The second kappa shape index (κ2) is 8.87. The SMILES string of the molecule is Cn1c(-c2ccc(CCC(=O)OC(C)(C)C)cc2)nn(C2CCCC(=O)NC2=O)c1=O. The molecular weight excluding hydrogens is 400 g/mol. The Kier molecular flexibility index (Phi) is 6.42. The van der Waals surface area contributed by atoms with Crippen molar-refractivity contribution in [1.29, 1.82) is 0 Å². The molecular formula is C22H28N4O5. The number of carbonyl (C=O) groups excluding carboxylic acids is 3. The number of ether oxygens (including phenoxy) is 1. The van der Waals surface area contributed by atoms with Crippen LogP contribution in [0.1, 0.15) is 58.1 Å². The fraction of sp³-hybridized carbons (Fsp3) is 0.500. The van der Waals surface area contributed by atoms with Gasteiger partial charge in [-0.25, -0.2) is 9.48 Å². The van der Waals surface area contributed by atoms with Crippen molar-refractivity contribution in [3.05, 3.63) is 40.3 Å². The van der Waals surface area contributed by atoms with Crippen LogP contribution in [-0.4, -0.2) is 37.7 Å². The van der Waals surface area contributed by atoms with Gasteiger partial charge in [0.25, 0.3) is 5.91 Å². The number of rotatable bonds is 5. The summed E-state index contributed by atoms with van der Waals surface area (Å²) in [5, 5.41) is 6.69. The van der Waals surface area contributed by atoms with Crippen LogP contribution in [0.15, 0.2) is 29.1 Å². The summed E-state index contributed by atoms with van der Waals surface area (Å²) in [7, 11) is 1.59. The Morgan fingerprint density at radius 3 is 2.52 bits per heavy atom. The summed E-state index contributed by atoms with van der Waals surface area (Å²) < 4.78 is 7.86. The summed E-state index contributed by atoms with van der Waals surface area (Å²) in [6.07, 6.45) is 1.95. The van der Waals surface area contributed by atoms with Gasteiger partial charge in [0.05, 0.1) is 0 Å². The molecule has 1 atom stereocenters. The highest BCUT2D eigenvalue weighted by atomic mass is 16.6. The number of aromatic nitrogens is 3. The largest absolute Gasteiger partial charge is 0.460 e. The second-order valence-electron chi connectivity index (χ2n) is 8.71. The normalized spacial score (nSPS) is 17.2. The number of nitrogens with one attached hydrogen (secondary N) is 1. The molecule has 0 saturated carbocycles. The highest BCUT2D eigenvalue weighted by molar-refractivity contribution is 5.97. The van der Waals surface area contributed by atoms with Crippen LogP contribution >= 0.6 is 0 Å². The molecule has 1 fully saturated rings. The molecule has 9 nitrogen and oxygen atoms in total. The van der Waals surface area contributed by atoms with Gasteiger partial charge in [-0.1, -0.05) is 24.3 Å². The van der Waals surface area contributed by atoms with Gasteiger partial charge in [-0.15, -0.1) is 5.10 Å². The molecule has 2 heterocycles. The summed E-state index contributed by atoms with van der Waals surface area (Å²) in [6.45, 7) is 5.50. The van der Waals surface area contributed by atoms with E-state index in [1.165, 1.54) is 4.57 Å². The number of esters is 1. The van der Waals surface area contributed by atoms with E-state index in [0.717, 1.165) is 10.2 Å². The average Bonchev–Trinajstić information content (AvgIpc) is 2.86. The van der Waals surface area contributed by atoms with E-state index in [2.05, 4.69) is 10.4 Å². The first-order valence-corrected chi connectivity index (χ1v) is 10.4. The quantitative estimate of drug-likeness (QED) is 0.575. The predicted octanol–water partition coefficient (Wildman–Crippen LogP) is 1.89. The molecule has 2 amide bonds. The first kappa shape index (κ1) is 22.5. The fourth-order valence-corrected chi connectivity index (χ4v) is 3.47. The maximum Gasteiger partial charge on any atom is 0.346 e. The van der Waals surface area contributed by atoms with Crippen LogP contribution in [0.5, 0.6) is 0 Å². The second-order valence-corrected chi connectivity index (χ2v) is 8.71. The van der Waals surface area contributed by atoms with Crippen LogP contribution in [0, 0.1) is 0 Å². The summed E-state index contributed by atoms with van der Waals surface area (Å²) >= 11 is 0. The minimum Gasteiger partial charge on any atom is -0.460 e. The third-order valence-corrected chi connectivity index (χ3v) is 4.99. The molecule has 0 radical (unpaired) electrons. The van der Waals surface area contributed by atoms with Crippen molar-refractivity contribution in [1.82, 2.24) is 19.7 Å². The predicted molar refractivity (Wildman–Crippen MR) is 113 cm³/mol. The molecule has 3 rings (SSSR count). The smallest absolute Gasteiger partial charge is 0.346 e. The lowest BCUT2D eigenvalue weighted by molar-refractivity contribution is -0.154. The lowest BCUT2D eigenvalue weighted by Gasteiger charge is -2.19. The molecule has 1 unspecified atom stereocenters. The van der Waals surface area contributed by atoms with Gasteiger partial charge in [0.15, 0.2) is 5.82 Å². The van der Waals surface area contributed by atoms with Gasteiger partial charge in [-0.3, -0.25) is 24.3 Å². The minimum absolute atomic E-state index is 0.251. The van der Waals surface area contributed by atoms with Crippen molar-refractivity contribution in [3.63, 3.8) is 0 Å². The van der Waals surface area contributed by atoms with Gasteiger partial charge in [0, 0.05) is 25.5 Å². The van der Waals surface area contributed by atoms with Gasteiger partial charge >= 0.3 is 11.7 Å². The van der Waals surface area contributed by atoms with E-state index in [4.69, 9.17) is 4.74 Å². The highest BCUT2D eigenvalue weighted by Gasteiger charge is 2.29. The van der Waals surface area contributed by atoms with Crippen molar-refractivity contribution in [2.75, 3.05) is 0 Å². The van der Waals surface area contributed by atoms with Gasteiger partial charge in [-0.05, 0) is 45.6 Å². The average molecular weight is 428 g/mol. The van der Waals surface area contributed by atoms with Crippen molar-refractivity contribution < 1.29 is 19.1 Å². The lowest BCUT2D eigenvalue weighted by atomic mass is 10.1. The molecule has 1 aliphatic rings. The topological polar surface area (TPSA) is 112 Å².